The molecule has 2 heterocycles. The third-order valence-corrected chi connectivity index (χ3v) is 4.21. The van der Waals surface area contributed by atoms with Gasteiger partial charge in [0, 0.05) is 30.2 Å². The van der Waals surface area contributed by atoms with Crippen LogP contribution >= 0.6 is 0 Å². The van der Waals surface area contributed by atoms with Gasteiger partial charge in [-0.05, 0) is 30.2 Å². The molecule has 116 valence electrons. The van der Waals surface area contributed by atoms with Crippen LogP contribution in [0.4, 0.5) is 0 Å². The number of amides is 1. The second kappa shape index (κ2) is 5.71. The number of hydrogen-bond donors (Lipinski definition) is 2. The van der Waals surface area contributed by atoms with Crippen molar-refractivity contribution < 1.29 is 19.4 Å². The van der Waals surface area contributed by atoms with E-state index in [2.05, 4.69) is 4.98 Å². The Morgan fingerprint density at radius 2 is 2.27 bits per heavy atom. The summed E-state index contributed by atoms with van der Waals surface area (Å²) >= 11 is 0. The Hall–Kier alpha value is -2.50. The Kier molecular flexibility index (Phi) is 3.75. The smallest absolute Gasteiger partial charge is 0.308 e. The van der Waals surface area contributed by atoms with Crippen molar-refractivity contribution in [2.75, 3.05) is 20.2 Å². The molecule has 0 aliphatic carbocycles. The average Bonchev–Trinajstić information content (AvgIpc) is 3.14. The lowest BCUT2D eigenvalue weighted by Gasteiger charge is -2.15. The van der Waals surface area contributed by atoms with E-state index in [-0.39, 0.29) is 12.3 Å². The molecular weight excluding hydrogens is 284 g/mol. The van der Waals surface area contributed by atoms with Crippen molar-refractivity contribution in [1.82, 2.24) is 9.88 Å². The fourth-order valence-corrected chi connectivity index (χ4v) is 2.89. The van der Waals surface area contributed by atoms with Crippen LogP contribution < -0.4 is 4.74 Å². The number of aliphatic carboxylic acids is 1. The second-order valence-electron chi connectivity index (χ2n) is 5.57. The van der Waals surface area contributed by atoms with Crippen molar-refractivity contribution in [1.29, 1.82) is 0 Å². The molecule has 6 nitrogen and oxygen atoms in total. The van der Waals surface area contributed by atoms with Crippen LogP contribution in [0, 0.1) is 5.92 Å². The molecule has 1 aromatic heterocycles. The number of rotatable bonds is 4. The molecule has 0 bridgehead atoms. The first-order valence-corrected chi connectivity index (χ1v) is 7.23. The summed E-state index contributed by atoms with van der Waals surface area (Å²) in [7, 11) is 1.61. The number of ether oxygens (including phenoxy) is 1. The highest BCUT2D eigenvalue weighted by molar-refractivity contribution is 5.90. The topological polar surface area (TPSA) is 82.6 Å². The number of carboxylic acid groups (broad SMARTS) is 1. The lowest BCUT2D eigenvalue weighted by atomic mass is 10.1. The first-order chi connectivity index (χ1) is 10.6. The normalized spacial score (nSPS) is 17.9. The monoisotopic (exact) mass is 302 g/mol. The maximum Gasteiger partial charge on any atom is 0.308 e. The van der Waals surface area contributed by atoms with E-state index in [4.69, 9.17) is 9.84 Å². The van der Waals surface area contributed by atoms with Gasteiger partial charge in [-0.25, -0.2) is 0 Å². The number of methoxy groups -OCH3 is 1. The summed E-state index contributed by atoms with van der Waals surface area (Å²) in [6.45, 7) is 0.821. The first-order valence-electron chi connectivity index (χ1n) is 7.23. The summed E-state index contributed by atoms with van der Waals surface area (Å²) in [5.74, 6) is -0.556. The van der Waals surface area contributed by atoms with Crippen LogP contribution in [0.1, 0.15) is 12.0 Å². The third-order valence-electron chi connectivity index (χ3n) is 4.21. The molecule has 2 aromatic rings. The van der Waals surface area contributed by atoms with Gasteiger partial charge in [-0.1, -0.05) is 0 Å². The van der Waals surface area contributed by atoms with Crippen LogP contribution in [0.5, 0.6) is 5.75 Å². The molecule has 0 spiro atoms. The summed E-state index contributed by atoms with van der Waals surface area (Å²) in [4.78, 5) is 28.1. The molecule has 1 amide bonds. The highest BCUT2D eigenvalue weighted by Gasteiger charge is 2.30. The van der Waals surface area contributed by atoms with Crippen molar-refractivity contribution >= 4 is 22.8 Å². The molecule has 6 heteroatoms. The van der Waals surface area contributed by atoms with Gasteiger partial charge in [0.1, 0.15) is 5.75 Å². The maximum atomic E-state index is 12.4. The zero-order valence-electron chi connectivity index (χ0n) is 12.3. The molecule has 2 N–H and O–H groups in total. The summed E-state index contributed by atoms with van der Waals surface area (Å²) < 4.78 is 5.22. The van der Waals surface area contributed by atoms with Crippen LogP contribution in [0.2, 0.25) is 0 Å². The van der Waals surface area contributed by atoms with Crippen molar-refractivity contribution in [3.05, 3.63) is 30.0 Å². The number of likely N-dealkylation sites (tertiary alicyclic amines) is 1. The zero-order chi connectivity index (χ0) is 15.7. The van der Waals surface area contributed by atoms with Crippen LogP contribution in [0.15, 0.2) is 24.4 Å². The number of carbonyl (C=O) groups is 2. The number of carboxylic acids is 1. The van der Waals surface area contributed by atoms with Gasteiger partial charge >= 0.3 is 5.97 Å². The zero-order valence-corrected chi connectivity index (χ0v) is 12.3. The molecule has 1 aliphatic rings. The van der Waals surface area contributed by atoms with E-state index in [1.165, 1.54) is 0 Å². The Balaban J connectivity index is 1.76. The number of hydrogen-bond acceptors (Lipinski definition) is 3. The molecule has 1 saturated heterocycles. The van der Waals surface area contributed by atoms with Crippen LogP contribution in [0.3, 0.4) is 0 Å². The fraction of sp³-hybridized carbons (Fsp3) is 0.375. The first kappa shape index (κ1) is 14.4. The number of fused-ring (bicyclic) bond motifs is 1. The predicted molar refractivity (Wildman–Crippen MR) is 80.9 cm³/mol. The van der Waals surface area contributed by atoms with Crippen molar-refractivity contribution in [2.24, 2.45) is 5.92 Å². The van der Waals surface area contributed by atoms with Crippen LogP contribution in [-0.2, 0) is 16.0 Å². The Bertz CT molecular complexity index is 722. The van der Waals surface area contributed by atoms with Crippen LogP contribution in [-0.4, -0.2) is 47.1 Å². The SMILES string of the molecule is COc1ccc2[nH]cc(CC(=O)N3CCC(C(=O)O)C3)c2c1. The molecule has 0 saturated carbocycles. The minimum absolute atomic E-state index is 0.0348. The van der Waals surface area contributed by atoms with E-state index in [0.717, 1.165) is 22.2 Å². The minimum Gasteiger partial charge on any atom is -0.497 e. The number of nitrogens with one attached hydrogen (secondary N) is 1. The summed E-state index contributed by atoms with van der Waals surface area (Å²) in [5.41, 5.74) is 1.85. The summed E-state index contributed by atoms with van der Waals surface area (Å²) in [6, 6.07) is 5.68. The van der Waals surface area contributed by atoms with Gasteiger partial charge in [0.2, 0.25) is 5.91 Å². The Morgan fingerprint density at radius 3 is 2.95 bits per heavy atom. The van der Waals surface area contributed by atoms with Gasteiger partial charge in [0.25, 0.3) is 0 Å². The third kappa shape index (κ3) is 2.64. The van der Waals surface area contributed by atoms with Gasteiger partial charge in [0.05, 0.1) is 19.4 Å². The molecule has 3 rings (SSSR count). The van der Waals surface area contributed by atoms with Crippen molar-refractivity contribution in [3.8, 4) is 5.75 Å². The predicted octanol–water partition coefficient (Wildman–Crippen LogP) is 1.65. The van der Waals surface area contributed by atoms with E-state index < -0.39 is 11.9 Å². The van der Waals surface area contributed by atoms with Gasteiger partial charge in [0.15, 0.2) is 0 Å². The number of nitrogens with zero attached hydrogens (tertiary/aromatic N) is 1. The summed E-state index contributed by atoms with van der Waals surface area (Å²) in [6.07, 6.45) is 2.62. The van der Waals surface area contributed by atoms with Gasteiger partial charge in [-0.2, -0.15) is 0 Å². The molecular formula is C16H18N2O4. The number of carbonyl (C=O) groups excluding carboxylic acids is 1. The highest BCUT2D eigenvalue weighted by Crippen LogP contribution is 2.25. The highest BCUT2D eigenvalue weighted by atomic mass is 16.5. The standard InChI is InChI=1S/C16H18N2O4/c1-22-12-2-3-14-13(7-12)11(8-17-14)6-15(19)18-5-4-10(9-18)16(20)21/h2-3,7-8,10,17H,4-6,9H2,1H3,(H,20,21). The molecule has 1 unspecified atom stereocenters. The van der Waals surface area contributed by atoms with E-state index in [1.54, 1.807) is 12.0 Å². The quantitative estimate of drug-likeness (QED) is 0.899. The van der Waals surface area contributed by atoms with E-state index in [0.29, 0.717) is 19.5 Å². The minimum atomic E-state index is -0.827. The Labute approximate surface area is 127 Å². The van der Waals surface area contributed by atoms with Gasteiger partial charge < -0.3 is 19.7 Å². The van der Waals surface area contributed by atoms with E-state index in [9.17, 15) is 9.59 Å². The molecule has 1 aromatic carbocycles. The lowest BCUT2D eigenvalue weighted by molar-refractivity contribution is -0.141. The van der Waals surface area contributed by atoms with E-state index in [1.807, 2.05) is 24.4 Å². The van der Waals surface area contributed by atoms with Crippen molar-refractivity contribution in [3.63, 3.8) is 0 Å². The van der Waals surface area contributed by atoms with Crippen LogP contribution in [0.25, 0.3) is 10.9 Å². The largest absolute Gasteiger partial charge is 0.497 e. The maximum absolute atomic E-state index is 12.4. The number of aromatic amines is 1. The lowest BCUT2D eigenvalue weighted by Crippen LogP contribution is -2.31. The van der Waals surface area contributed by atoms with Gasteiger partial charge in [-0.3, -0.25) is 9.59 Å². The average molecular weight is 302 g/mol. The Morgan fingerprint density at radius 1 is 1.45 bits per heavy atom. The molecule has 1 aliphatic heterocycles. The molecule has 1 fully saturated rings. The number of aromatic nitrogens is 1. The second-order valence-corrected chi connectivity index (χ2v) is 5.57. The number of benzene rings is 1. The molecule has 22 heavy (non-hydrogen) atoms. The molecule has 0 radical (unpaired) electrons. The number of H-pyrrole nitrogens is 1. The van der Waals surface area contributed by atoms with Gasteiger partial charge in [-0.15, -0.1) is 0 Å². The molecule has 1 atom stereocenters. The van der Waals surface area contributed by atoms with E-state index >= 15 is 0 Å². The van der Waals surface area contributed by atoms with Crippen molar-refractivity contribution in [2.45, 2.75) is 12.8 Å². The fourth-order valence-electron chi connectivity index (χ4n) is 2.89. The summed E-state index contributed by atoms with van der Waals surface area (Å²) in [5, 5.41) is 9.97.